The Morgan fingerprint density at radius 2 is 2.38 bits per heavy atom. The van der Waals surface area contributed by atoms with Crippen molar-refractivity contribution >= 4 is 0 Å². The van der Waals surface area contributed by atoms with Crippen molar-refractivity contribution < 1.29 is 4.74 Å². The van der Waals surface area contributed by atoms with Crippen LogP contribution >= 0.6 is 0 Å². The molecule has 1 aliphatic rings. The van der Waals surface area contributed by atoms with Crippen molar-refractivity contribution in [1.82, 2.24) is 5.32 Å². The number of nitrogens with one attached hydrogen (secondary N) is 1. The van der Waals surface area contributed by atoms with Gasteiger partial charge in [0.2, 0.25) is 0 Å². The molecule has 0 saturated carbocycles. The summed E-state index contributed by atoms with van der Waals surface area (Å²) in [6.07, 6.45) is 2.61. The Morgan fingerprint density at radius 3 is 3.06 bits per heavy atom. The van der Waals surface area contributed by atoms with E-state index in [2.05, 4.69) is 30.4 Å². The largest absolute Gasteiger partial charge is 0.497 e. The van der Waals surface area contributed by atoms with Gasteiger partial charge in [0.05, 0.1) is 7.11 Å². The first kappa shape index (κ1) is 11.5. The maximum Gasteiger partial charge on any atom is 0.119 e. The second-order valence-corrected chi connectivity index (χ2v) is 4.77. The second-order valence-electron chi connectivity index (χ2n) is 4.77. The average Bonchev–Trinajstić information content (AvgIpc) is 2.82. The molecule has 1 saturated heterocycles. The molecule has 2 rings (SSSR count). The molecule has 0 unspecified atom stereocenters. The molecule has 88 valence electrons. The highest BCUT2D eigenvalue weighted by molar-refractivity contribution is 5.30. The van der Waals surface area contributed by atoms with Gasteiger partial charge in [0.1, 0.15) is 5.75 Å². The Labute approximate surface area is 98.0 Å². The standard InChI is InChI=1S/C14H21NO/c1-11(8-12-6-7-15-10-12)13-4-3-5-14(9-13)16-2/h3-5,9,11-12,15H,6-8,10H2,1-2H3/t11-,12+/m0/s1. The van der Waals surface area contributed by atoms with Gasteiger partial charge in [-0.05, 0) is 55.5 Å². The van der Waals surface area contributed by atoms with Crippen molar-refractivity contribution in [3.05, 3.63) is 29.8 Å². The summed E-state index contributed by atoms with van der Waals surface area (Å²) in [5.74, 6) is 2.44. The Bertz CT molecular complexity index is 331. The molecule has 1 aliphatic heterocycles. The Hall–Kier alpha value is -1.02. The Morgan fingerprint density at radius 1 is 1.50 bits per heavy atom. The molecule has 16 heavy (non-hydrogen) atoms. The molecule has 0 aromatic heterocycles. The van der Waals surface area contributed by atoms with Crippen LogP contribution in [0.3, 0.4) is 0 Å². The minimum atomic E-state index is 0.625. The lowest BCUT2D eigenvalue weighted by atomic mass is 9.90. The fourth-order valence-electron chi connectivity index (χ4n) is 2.50. The van der Waals surface area contributed by atoms with Crippen LogP contribution in [0.5, 0.6) is 5.75 Å². The number of methoxy groups -OCH3 is 1. The number of ether oxygens (including phenoxy) is 1. The molecule has 2 heteroatoms. The van der Waals surface area contributed by atoms with Gasteiger partial charge >= 0.3 is 0 Å². The SMILES string of the molecule is COc1cccc([C@@H](C)C[C@H]2CCNC2)c1. The van der Waals surface area contributed by atoms with Gasteiger partial charge in [0, 0.05) is 0 Å². The first-order valence-electron chi connectivity index (χ1n) is 6.14. The first-order chi connectivity index (χ1) is 7.79. The van der Waals surface area contributed by atoms with Crippen LogP contribution in [-0.2, 0) is 0 Å². The molecule has 0 amide bonds. The molecule has 2 nitrogen and oxygen atoms in total. The van der Waals surface area contributed by atoms with Crippen LogP contribution in [0, 0.1) is 5.92 Å². The molecule has 1 heterocycles. The summed E-state index contributed by atoms with van der Waals surface area (Å²) in [5.41, 5.74) is 1.39. The molecule has 1 aromatic carbocycles. The zero-order valence-electron chi connectivity index (χ0n) is 10.2. The van der Waals surface area contributed by atoms with Gasteiger partial charge < -0.3 is 10.1 Å². The smallest absolute Gasteiger partial charge is 0.119 e. The molecule has 0 spiro atoms. The van der Waals surface area contributed by atoms with E-state index in [1.54, 1.807) is 7.11 Å². The predicted molar refractivity (Wildman–Crippen MR) is 67.0 cm³/mol. The summed E-state index contributed by atoms with van der Waals surface area (Å²) in [4.78, 5) is 0. The minimum Gasteiger partial charge on any atom is -0.497 e. The molecular weight excluding hydrogens is 198 g/mol. The van der Waals surface area contributed by atoms with Crippen molar-refractivity contribution in [2.24, 2.45) is 5.92 Å². The third-order valence-corrected chi connectivity index (χ3v) is 3.51. The normalized spacial score (nSPS) is 22.0. The van der Waals surface area contributed by atoms with E-state index >= 15 is 0 Å². The lowest BCUT2D eigenvalue weighted by Crippen LogP contribution is -2.11. The maximum atomic E-state index is 5.26. The lowest BCUT2D eigenvalue weighted by molar-refractivity contribution is 0.412. The minimum absolute atomic E-state index is 0.625. The quantitative estimate of drug-likeness (QED) is 0.840. The predicted octanol–water partition coefficient (Wildman–Crippen LogP) is 2.80. The second kappa shape index (κ2) is 5.35. The summed E-state index contributed by atoms with van der Waals surface area (Å²) in [6, 6.07) is 8.45. The van der Waals surface area contributed by atoms with Crippen LogP contribution in [0.2, 0.25) is 0 Å². The molecule has 1 aromatic rings. The highest BCUT2D eigenvalue weighted by Crippen LogP contribution is 2.28. The van der Waals surface area contributed by atoms with Crippen molar-refractivity contribution in [3.63, 3.8) is 0 Å². The van der Waals surface area contributed by atoms with Crippen molar-refractivity contribution in [2.75, 3.05) is 20.2 Å². The van der Waals surface area contributed by atoms with E-state index in [-0.39, 0.29) is 0 Å². The third kappa shape index (κ3) is 2.76. The summed E-state index contributed by atoms with van der Waals surface area (Å²) >= 11 is 0. The van der Waals surface area contributed by atoms with Gasteiger partial charge in [0.15, 0.2) is 0 Å². The van der Waals surface area contributed by atoms with Crippen molar-refractivity contribution in [3.8, 4) is 5.75 Å². The van der Waals surface area contributed by atoms with E-state index in [1.807, 2.05) is 6.07 Å². The number of rotatable bonds is 4. The number of benzene rings is 1. The molecule has 0 bridgehead atoms. The van der Waals surface area contributed by atoms with Crippen molar-refractivity contribution in [1.29, 1.82) is 0 Å². The van der Waals surface area contributed by atoms with Crippen LogP contribution in [-0.4, -0.2) is 20.2 Å². The summed E-state index contributed by atoms with van der Waals surface area (Å²) in [5, 5.41) is 3.43. The van der Waals surface area contributed by atoms with Gasteiger partial charge in [-0.15, -0.1) is 0 Å². The first-order valence-corrected chi connectivity index (χ1v) is 6.14. The summed E-state index contributed by atoms with van der Waals surface area (Å²) in [7, 11) is 1.73. The molecule has 0 aliphatic carbocycles. The third-order valence-electron chi connectivity index (χ3n) is 3.51. The zero-order valence-corrected chi connectivity index (χ0v) is 10.2. The average molecular weight is 219 g/mol. The van der Waals surface area contributed by atoms with Crippen LogP contribution < -0.4 is 10.1 Å². The molecule has 1 N–H and O–H groups in total. The van der Waals surface area contributed by atoms with E-state index in [0.717, 1.165) is 11.7 Å². The Kier molecular flexibility index (Phi) is 3.83. The highest BCUT2D eigenvalue weighted by atomic mass is 16.5. The van der Waals surface area contributed by atoms with E-state index in [9.17, 15) is 0 Å². The summed E-state index contributed by atoms with van der Waals surface area (Å²) < 4.78 is 5.26. The highest BCUT2D eigenvalue weighted by Gasteiger charge is 2.18. The van der Waals surface area contributed by atoms with E-state index in [1.165, 1.54) is 31.5 Å². The zero-order chi connectivity index (χ0) is 11.4. The fourth-order valence-corrected chi connectivity index (χ4v) is 2.50. The maximum absolute atomic E-state index is 5.26. The van der Waals surface area contributed by atoms with Crippen LogP contribution in [0.1, 0.15) is 31.2 Å². The van der Waals surface area contributed by atoms with Gasteiger partial charge in [-0.3, -0.25) is 0 Å². The van der Waals surface area contributed by atoms with E-state index in [4.69, 9.17) is 4.74 Å². The Balaban J connectivity index is 1.98. The number of hydrogen-bond donors (Lipinski definition) is 1. The molecular formula is C14H21NO. The van der Waals surface area contributed by atoms with Crippen LogP contribution in [0.4, 0.5) is 0 Å². The van der Waals surface area contributed by atoms with Gasteiger partial charge in [-0.1, -0.05) is 19.1 Å². The van der Waals surface area contributed by atoms with E-state index < -0.39 is 0 Å². The van der Waals surface area contributed by atoms with Crippen molar-refractivity contribution in [2.45, 2.75) is 25.7 Å². The van der Waals surface area contributed by atoms with Gasteiger partial charge in [-0.2, -0.15) is 0 Å². The molecule has 2 atom stereocenters. The monoisotopic (exact) mass is 219 g/mol. The molecule has 0 radical (unpaired) electrons. The van der Waals surface area contributed by atoms with Gasteiger partial charge in [0.25, 0.3) is 0 Å². The fraction of sp³-hybridized carbons (Fsp3) is 0.571. The molecule has 1 fully saturated rings. The van der Waals surface area contributed by atoms with Gasteiger partial charge in [-0.25, -0.2) is 0 Å². The lowest BCUT2D eigenvalue weighted by Gasteiger charge is -2.16. The topological polar surface area (TPSA) is 21.3 Å². The number of hydrogen-bond acceptors (Lipinski definition) is 2. The summed E-state index contributed by atoms with van der Waals surface area (Å²) in [6.45, 7) is 4.69. The van der Waals surface area contributed by atoms with Crippen LogP contribution in [0.25, 0.3) is 0 Å². The van der Waals surface area contributed by atoms with E-state index in [0.29, 0.717) is 5.92 Å². The van der Waals surface area contributed by atoms with Crippen LogP contribution in [0.15, 0.2) is 24.3 Å².